The van der Waals surface area contributed by atoms with Crippen LogP contribution < -0.4 is 17.2 Å². The van der Waals surface area contributed by atoms with Crippen LogP contribution in [0.3, 0.4) is 0 Å². The summed E-state index contributed by atoms with van der Waals surface area (Å²) in [6.07, 6.45) is -0.145. The summed E-state index contributed by atoms with van der Waals surface area (Å²) >= 11 is 0. The Morgan fingerprint density at radius 1 is 1.00 bits per heavy atom. The summed E-state index contributed by atoms with van der Waals surface area (Å²) in [6, 6.07) is -0.631. The molecule has 82 valence electrons. The van der Waals surface area contributed by atoms with Crippen LogP contribution in [-0.2, 0) is 19.1 Å². The van der Waals surface area contributed by atoms with E-state index in [1.807, 2.05) is 0 Å². The van der Waals surface area contributed by atoms with Gasteiger partial charge in [-0.3, -0.25) is 21.1 Å². The van der Waals surface area contributed by atoms with Crippen molar-refractivity contribution in [1.29, 1.82) is 0 Å². The molecule has 0 spiro atoms. The second kappa shape index (κ2) is 7.25. The van der Waals surface area contributed by atoms with Crippen LogP contribution in [0, 0.1) is 0 Å². The van der Waals surface area contributed by atoms with Crippen molar-refractivity contribution in [3.05, 3.63) is 0 Å². The van der Waals surface area contributed by atoms with Gasteiger partial charge in [-0.15, -0.1) is 0 Å². The summed E-state index contributed by atoms with van der Waals surface area (Å²) < 4.78 is 8.87. The van der Waals surface area contributed by atoms with Crippen molar-refractivity contribution in [2.24, 2.45) is 17.2 Å². The molecule has 0 aliphatic rings. The summed E-state index contributed by atoms with van der Waals surface area (Å²) in [6.45, 7) is -0.391. The van der Waals surface area contributed by atoms with Crippen LogP contribution in [0.5, 0.6) is 0 Å². The highest BCUT2D eigenvalue weighted by atomic mass is 16.5. The minimum absolute atomic E-state index is 0.0725. The predicted molar refractivity (Wildman–Crippen MR) is 47.5 cm³/mol. The number of carbonyl (C=O) groups is 2. The standard InChI is InChI=1S/C7H15N3O4/c8-3-13-6(11)1-5(10)2-7(12)14-4-9/h5H,1-4,8-10H2. The molecular formula is C7H15N3O4. The quantitative estimate of drug-likeness (QED) is 0.338. The number of ether oxygens (including phenoxy) is 2. The van der Waals surface area contributed by atoms with Crippen molar-refractivity contribution in [1.82, 2.24) is 0 Å². The molecule has 0 rings (SSSR count). The molecule has 0 aliphatic carbocycles. The summed E-state index contributed by atoms with van der Waals surface area (Å²) in [5, 5.41) is 0. The lowest BCUT2D eigenvalue weighted by Gasteiger charge is -2.09. The molecule has 0 radical (unpaired) electrons. The van der Waals surface area contributed by atoms with Crippen molar-refractivity contribution in [3.63, 3.8) is 0 Å². The van der Waals surface area contributed by atoms with E-state index in [-0.39, 0.29) is 26.3 Å². The summed E-state index contributed by atoms with van der Waals surface area (Å²) in [5.41, 5.74) is 15.4. The molecule has 6 N–H and O–H groups in total. The Kier molecular flexibility index (Phi) is 6.63. The fourth-order valence-electron chi connectivity index (χ4n) is 0.804. The molecule has 0 saturated carbocycles. The van der Waals surface area contributed by atoms with E-state index in [4.69, 9.17) is 17.2 Å². The smallest absolute Gasteiger partial charge is 0.308 e. The number of carbonyl (C=O) groups excluding carboxylic acids is 2. The van der Waals surface area contributed by atoms with Gasteiger partial charge in [0.1, 0.15) is 13.5 Å². The molecule has 0 aromatic heterocycles. The van der Waals surface area contributed by atoms with E-state index in [1.54, 1.807) is 0 Å². The zero-order valence-electron chi connectivity index (χ0n) is 7.77. The van der Waals surface area contributed by atoms with Gasteiger partial charge in [0.15, 0.2) is 0 Å². The maximum atomic E-state index is 10.8. The highest BCUT2D eigenvalue weighted by Gasteiger charge is 2.14. The van der Waals surface area contributed by atoms with E-state index in [0.717, 1.165) is 0 Å². The Hall–Kier alpha value is -1.18. The molecule has 0 unspecified atom stereocenters. The summed E-state index contributed by atoms with van der Waals surface area (Å²) in [4.78, 5) is 21.7. The summed E-state index contributed by atoms with van der Waals surface area (Å²) in [5.74, 6) is -1.08. The minimum atomic E-state index is -0.631. The monoisotopic (exact) mass is 205 g/mol. The van der Waals surface area contributed by atoms with Gasteiger partial charge in [0.2, 0.25) is 0 Å². The van der Waals surface area contributed by atoms with Gasteiger partial charge in [-0.2, -0.15) is 0 Å². The van der Waals surface area contributed by atoms with Gasteiger partial charge in [-0.1, -0.05) is 0 Å². The van der Waals surface area contributed by atoms with Crippen molar-refractivity contribution < 1.29 is 19.1 Å². The molecule has 0 amide bonds. The first-order chi connectivity index (χ1) is 6.60. The summed E-state index contributed by atoms with van der Waals surface area (Å²) in [7, 11) is 0. The zero-order valence-corrected chi connectivity index (χ0v) is 7.77. The largest absolute Gasteiger partial charge is 0.450 e. The van der Waals surface area contributed by atoms with Crippen LogP contribution in [-0.4, -0.2) is 31.4 Å². The van der Waals surface area contributed by atoms with Gasteiger partial charge >= 0.3 is 11.9 Å². The Labute approximate surface area is 81.5 Å². The first-order valence-corrected chi connectivity index (χ1v) is 4.07. The third kappa shape index (κ3) is 6.35. The highest BCUT2D eigenvalue weighted by Crippen LogP contribution is 1.98. The molecule has 0 atom stereocenters. The number of hydrogen-bond acceptors (Lipinski definition) is 7. The fourth-order valence-corrected chi connectivity index (χ4v) is 0.804. The SMILES string of the molecule is NCOC(=O)CC(N)CC(=O)OCN. The maximum Gasteiger partial charge on any atom is 0.308 e. The second-order valence-corrected chi connectivity index (χ2v) is 2.53. The molecule has 0 bridgehead atoms. The number of nitrogens with two attached hydrogens (primary N) is 3. The van der Waals surface area contributed by atoms with Gasteiger partial charge in [-0.05, 0) is 0 Å². The van der Waals surface area contributed by atoms with Crippen LogP contribution in [0.15, 0.2) is 0 Å². The molecule has 0 heterocycles. The third-order valence-electron chi connectivity index (χ3n) is 1.35. The molecule has 14 heavy (non-hydrogen) atoms. The predicted octanol–water partition coefficient (Wildman–Crippen LogP) is -1.99. The lowest BCUT2D eigenvalue weighted by Crippen LogP contribution is -2.29. The molecule has 0 fully saturated rings. The molecule has 0 saturated heterocycles. The molecular weight excluding hydrogens is 190 g/mol. The van der Waals surface area contributed by atoms with Gasteiger partial charge < -0.3 is 15.2 Å². The van der Waals surface area contributed by atoms with Gasteiger partial charge in [0.05, 0.1) is 12.8 Å². The van der Waals surface area contributed by atoms with E-state index in [2.05, 4.69) is 9.47 Å². The average Bonchev–Trinajstić information content (AvgIpc) is 2.03. The Balaban J connectivity index is 3.68. The number of rotatable bonds is 6. The molecule has 0 aliphatic heterocycles. The van der Waals surface area contributed by atoms with Crippen molar-refractivity contribution >= 4 is 11.9 Å². The van der Waals surface area contributed by atoms with Crippen LogP contribution >= 0.6 is 0 Å². The van der Waals surface area contributed by atoms with Gasteiger partial charge in [0.25, 0.3) is 0 Å². The Morgan fingerprint density at radius 3 is 1.64 bits per heavy atom. The minimum Gasteiger partial charge on any atom is -0.450 e. The normalized spacial score (nSPS) is 10.0. The van der Waals surface area contributed by atoms with E-state index >= 15 is 0 Å². The highest BCUT2D eigenvalue weighted by molar-refractivity contribution is 5.73. The Morgan fingerprint density at radius 2 is 1.36 bits per heavy atom. The Bertz CT molecular complexity index is 177. The van der Waals surface area contributed by atoms with Crippen molar-refractivity contribution in [3.8, 4) is 0 Å². The van der Waals surface area contributed by atoms with Crippen molar-refractivity contribution in [2.45, 2.75) is 18.9 Å². The third-order valence-corrected chi connectivity index (χ3v) is 1.35. The zero-order chi connectivity index (χ0) is 11.0. The lowest BCUT2D eigenvalue weighted by molar-refractivity contribution is -0.145. The van der Waals surface area contributed by atoms with E-state index in [0.29, 0.717) is 0 Å². The molecule has 0 aromatic rings. The topological polar surface area (TPSA) is 131 Å². The first kappa shape index (κ1) is 12.8. The molecule has 7 heteroatoms. The van der Waals surface area contributed by atoms with Crippen LogP contribution in [0.2, 0.25) is 0 Å². The van der Waals surface area contributed by atoms with E-state index < -0.39 is 18.0 Å². The first-order valence-electron chi connectivity index (χ1n) is 4.07. The van der Waals surface area contributed by atoms with E-state index in [9.17, 15) is 9.59 Å². The van der Waals surface area contributed by atoms with Gasteiger partial charge in [-0.25, -0.2) is 0 Å². The van der Waals surface area contributed by atoms with Crippen LogP contribution in [0.25, 0.3) is 0 Å². The molecule has 0 aromatic carbocycles. The number of hydrogen-bond donors (Lipinski definition) is 3. The molecule has 7 nitrogen and oxygen atoms in total. The van der Waals surface area contributed by atoms with E-state index in [1.165, 1.54) is 0 Å². The fraction of sp³-hybridized carbons (Fsp3) is 0.714. The second-order valence-electron chi connectivity index (χ2n) is 2.53. The lowest BCUT2D eigenvalue weighted by atomic mass is 10.1. The van der Waals surface area contributed by atoms with Crippen LogP contribution in [0.1, 0.15) is 12.8 Å². The van der Waals surface area contributed by atoms with Gasteiger partial charge in [0, 0.05) is 6.04 Å². The maximum absolute atomic E-state index is 10.8. The van der Waals surface area contributed by atoms with Crippen LogP contribution in [0.4, 0.5) is 0 Å². The number of esters is 2. The average molecular weight is 205 g/mol. The van der Waals surface area contributed by atoms with Crippen molar-refractivity contribution in [2.75, 3.05) is 13.5 Å².